The topological polar surface area (TPSA) is 538 Å². The largest absolute Gasteiger partial charge is 0.481 e. The number of primary amides is 1. The monoisotopic (exact) mass is 1590 g/mol. The molecular formula is C82H110N16O17. The zero-order valence-electron chi connectivity index (χ0n) is 65.2. The molecule has 22 N–H and O–H groups in total. The highest BCUT2D eigenvalue weighted by atomic mass is 16.4. The van der Waals surface area contributed by atoms with E-state index in [2.05, 4.69) is 68.8 Å². The first-order valence-corrected chi connectivity index (χ1v) is 38.6. The highest BCUT2D eigenvalue weighted by Crippen LogP contribution is 2.21. The van der Waals surface area contributed by atoms with Crippen LogP contribution in [0.3, 0.4) is 0 Å². The number of nitrogens with two attached hydrogens (primary N) is 3. The van der Waals surface area contributed by atoms with Crippen LogP contribution in [0.5, 0.6) is 0 Å². The van der Waals surface area contributed by atoms with Crippen LogP contribution in [0.15, 0.2) is 152 Å². The van der Waals surface area contributed by atoms with E-state index < -0.39 is 181 Å². The lowest BCUT2D eigenvalue weighted by molar-refractivity contribution is -0.139. The van der Waals surface area contributed by atoms with Gasteiger partial charge in [-0.1, -0.05) is 160 Å². The lowest BCUT2D eigenvalue weighted by Gasteiger charge is -2.29. The van der Waals surface area contributed by atoms with Crippen LogP contribution in [0, 0.1) is 5.92 Å². The highest BCUT2D eigenvalue weighted by Gasteiger charge is 2.38. The minimum Gasteiger partial charge on any atom is -0.481 e. The molecule has 6 aromatic rings. The molecule has 0 aliphatic rings. The smallest absolute Gasteiger partial charge is 0.303 e. The predicted octanol–water partition coefficient (Wildman–Crippen LogP) is -0.433. The van der Waals surface area contributed by atoms with Crippen LogP contribution < -0.4 is 81.0 Å². The third kappa shape index (κ3) is 31.5. The van der Waals surface area contributed by atoms with E-state index in [0.29, 0.717) is 58.0 Å². The summed E-state index contributed by atoms with van der Waals surface area (Å²) in [6.07, 6.45) is -0.0555. The number of unbranched alkanes of at least 4 members (excludes halogenated alkanes) is 2. The van der Waals surface area contributed by atoms with Crippen molar-refractivity contribution in [3.05, 3.63) is 180 Å². The number of carbonyl (C=O) groups is 14. The second-order valence-electron chi connectivity index (χ2n) is 28.5. The van der Waals surface area contributed by atoms with Gasteiger partial charge in [-0.25, -0.2) is 0 Å². The molecule has 0 radical (unpaired) electrons. The van der Waals surface area contributed by atoms with E-state index >= 15 is 14.4 Å². The van der Waals surface area contributed by atoms with Crippen molar-refractivity contribution in [2.24, 2.45) is 23.1 Å². The van der Waals surface area contributed by atoms with Crippen LogP contribution in [0.1, 0.15) is 120 Å². The minimum atomic E-state index is -1.83. The second-order valence-corrected chi connectivity index (χ2v) is 28.5. The number of carbonyl (C=O) groups excluding carboxylic acids is 13. The van der Waals surface area contributed by atoms with Gasteiger partial charge in [-0.05, 0) is 111 Å². The van der Waals surface area contributed by atoms with Crippen LogP contribution in [0.25, 0.3) is 10.9 Å². The number of carboxylic acid groups (broad SMARTS) is 1. The molecule has 33 nitrogen and oxygen atoms in total. The maximum Gasteiger partial charge on any atom is 0.303 e. The molecular weight excluding hydrogens is 1480 g/mol. The number of benzene rings is 5. The number of para-hydroxylation sites is 1. The molecule has 115 heavy (non-hydrogen) atoms. The molecule has 0 saturated heterocycles. The Bertz CT molecular complexity index is 4200. The summed E-state index contributed by atoms with van der Waals surface area (Å²) < 4.78 is 0. The lowest BCUT2D eigenvalue weighted by atomic mass is 9.97. The zero-order chi connectivity index (χ0) is 83.9. The van der Waals surface area contributed by atoms with Gasteiger partial charge in [-0.3, -0.25) is 67.1 Å². The Morgan fingerprint density at radius 3 is 1.18 bits per heavy atom. The minimum absolute atomic E-state index is 0.00493. The van der Waals surface area contributed by atoms with E-state index in [1.807, 2.05) is 19.9 Å². The average Bonchev–Trinajstić information content (AvgIpc) is 1.71. The number of aromatic amines is 1. The summed E-state index contributed by atoms with van der Waals surface area (Å²) in [6, 6.07) is 25.3. The summed E-state index contributed by atoms with van der Waals surface area (Å²) in [4.78, 5) is 199. The number of carboxylic acids is 1. The van der Waals surface area contributed by atoms with Crippen molar-refractivity contribution in [1.82, 2.24) is 68.8 Å². The molecule has 6 rings (SSSR count). The summed E-state index contributed by atoms with van der Waals surface area (Å²) in [5.74, 6) is -13.2. The Morgan fingerprint density at radius 2 is 0.774 bits per heavy atom. The molecule has 13 amide bonds. The van der Waals surface area contributed by atoms with E-state index in [4.69, 9.17) is 17.2 Å². The fourth-order valence-electron chi connectivity index (χ4n) is 12.7. The fraction of sp³-hybridized carbons (Fsp3) is 0.439. The third-order valence-corrected chi connectivity index (χ3v) is 19.2. The van der Waals surface area contributed by atoms with Crippen LogP contribution >= 0.6 is 0 Å². The van der Waals surface area contributed by atoms with Gasteiger partial charge < -0.3 is 101 Å². The Kier molecular flexibility index (Phi) is 38.5. The van der Waals surface area contributed by atoms with Crippen molar-refractivity contribution in [3.63, 3.8) is 0 Å². The second kappa shape index (κ2) is 48.2. The van der Waals surface area contributed by atoms with Crippen molar-refractivity contribution in [3.8, 4) is 0 Å². The van der Waals surface area contributed by atoms with Gasteiger partial charge >= 0.3 is 5.97 Å². The van der Waals surface area contributed by atoms with Gasteiger partial charge in [0.25, 0.3) is 0 Å². The van der Waals surface area contributed by atoms with E-state index in [1.54, 1.807) is 146 Å². The van der Waals surface area contributed by atoms with Gasteiger partial charge in [-0.15, -0.1) is 0 Å². The molecule has 13 atom stereocenters. The van der Waals surface area contributed by atoms with Crippen molar-refractivity contribution in [2.45, 2.75) is 197 Å². The summed E-state index contributed by atoms with van der Waals surface area (Å²) in [6.45, 7) is 4.71. The standard InChI is InChI=1S/C82H110N16O17/c1-5-49(2)40-62(77(110)96-67(45-56-46-86-58-33-19-18-32-57(56)58)73(106)87-47-69(102)89-64(42-53-26-12-7-13-27-53)81(114)98-71(50(3)100)72(85)105)93-79(112)65(43-54-28-14-8-15-29-54)94-75(108)60(35-21-23-39-84)90-74(107)59(34-20-22-38-83)91-76(109)61(36-37-70(103)104)92-82(115)68(48-99)97-80(113)66(44-55-30-16-9-17-31-55)95-78(111)63(88-51(4)101)41-52-24-10-6-11-25-52/h6-19,24-33,46,49-50,59-68,71,86,99-100H,5,20-23,34-45,47-48,83-84H2,1-4H3,(H2,85,105)(H,87,106)(H,88,101)(H,89,102)(H,90,107)(H,91,109)(H,92,115)(H,93,112)(H,94,108)(H,95,111)(H,96,110)(H,97,113)(H,98,114)(H,103,104)/t49?,50-,59+,60+,61+,62+,63+,64+,65+,66+,67+,68+,71+/m1/s1. The molecule has 33 heteroatoms. The molecule has 0 bridgehead atoms. The molecule has 1 heterocycles. The maximum absolute atomic E-state index is 15.1. The Morgan fingerprint density at radius 1 is 0.417 bits per heavy atom. The number of hydrogen-bond donors (Lipinski definition) is 19. The summed E-state index contributed by atoms with van der Waals surface area (Å²) in [5.41, 5.74) is 21.0. The highest BCUT2D eigenvalue weighted by molar-refractivity contribution is 6.00. The molecule has 5 aromatic carbocycles. The molecule has 1 aromatic heterocycles. The molecule has 0 aliphatic heterocycles. The van der Waals surface area contributed by atoms with Crippen LogP contribution in [-0.4, -0.2) is 202 Å². The maximum atomic E-state index is 15.1. The van der Waals surface area contributed by atoms with Crippen LogP contribution in [-0.2, 0) is 99.2 Å². The predicted molar refractivity (Wildman–Crippen MR) is 427 cm³/mol. The molecule has 0 aliphatic carbocycles. The first-order valence-electron chi connectivity index (χ1n) is 38.6. The van der Waals surface area contributed by atoms with Gasteiger partial charge in [0.1, 0.15) is 66.5 Å². The number of aliphatic carboxylic acids is 1. The van der Waals surface area contributed by atoms with Crippen molar-refractivity contribution < 1.29 is 82.4 Å². The van der Waals surface area contributed by atoms with E-state index in [-0.39, 0.29) is 83.2 Å². The quantitative estimate of drug-likeness (QED) is 0.0215. The Labute approximate surface area is 667 Å². The third-order valence-electron chi connectivity index (χ3n) is 19.2. The number of amides is 13. The summed E-state index contributed by atoms with van der Waals surface area (Å²) >= 11 is 0. The van der Waals surface area contributed by atoms with E-state index in [0.717, 1.165) is 0 Å². The number of aliphatic hydroxyl groups excluding tert-OH is 2. The SMILES string of the molecule is CCC(C)C[C@H](NC(=O)[C@H](Cc1ccccc1)NC(=O)[C@H](CCCCN)NC(=O)[C@H](CCCCN)NC(=O)[C@H](CCC(=O)O)NC(=O)[C@H](CO)NC(=O)[C@H](Cc1ccccc1)NC(=O)[C@H](Cc1ccccc1)NC(C)=O)C(=O)N[C@@H](Cc1c[nH]c2ccccc12)C(=O)NCC(=O)N[C@@H](Cc1ccccc1)C(=O)N[C@H](C(N)=O)[C@@H](C)O. The van der Waals surface area contributed by atoms with Gasteiger partial charge in [0.05, 0.1) is 19.3 Å². The van der Waals surface area contributed by atoms with Gasteiger partial charge in [0.15, 0.2) is 0 Å². The first kappa shape index (κ1) is 91.9. The summed E-state index contributed by atoms with van der Waals surface area (Å²) in [5, 5.41) is 62.8. The lowest BCUT2D eigenvalue weighted by Crippen LogP contribution is -2.61. The fourth-order valence-corrected chi connectivity index (χ4v) is 12.7. The van der Waals surface area contributed by atoms with Crippen molar-refractivity contribution in [2.75, 3.05) is 26.2 Å². The summed E-state index contributed by atoms with van der Waals surface area (Å²) in [7, 11) is 0. The molecule has 1 unspecified atom stereocenters. The van der Waals surface area contributed by atoms with Gasteiger partial charge in [0, 0.05) is 62.5 Å². The van der Waals surface area contributed by atoms with Crippen LogP contribution in [0.4, 0.5) is 0 Å². The Balaban J connectivity index is 1.23. The molecule has 0 fully saturated rings. The number of aromatic nitrogens is 1. The van der Waals surface area contributed by atoms with Gasteiger partial charge in [-0.2, -0.15) is 0 Å². The number of H-pyrrole nitrogens is 1. The van der Waals surface area contributed by atoms with Crippen molar-refractivity contribution >= 4 is 93.7 Å². The molecule has 620 valence electrons. The van der Waals surface area contributed by atoms with Crippen LogP contribution in [0.2, 0.25) is 0 Å². The number of nitrogens with one attached hydrogen (secondary N) is 13. The normalized spacial score (nSPS) is 14.5. The van der Waals surface area contributed by atoms with Gasteiger partial charge in [0.2, 0.25) is 76.8 Å². The van der Waals surface area contributed by atoms with Crippen molar-refractivity contribution in [1.29, 1.82) is 0 Å². The first-order chi connectivity index (χ1) is 55.1. The Hall–Kier alpha value is -11.9. The number of aliphatic hydroxyl groups is 2. The number of fused-ring (bicyclic) bond motifs is 1. The molecule has 0 saturated carbocycles. The zero-order valence-corrected chi connectivity index (χ0v) is 65.2. The average molecular weight is 1590 g/mol. The van der Waals surface area contributed by atoms with E-state index in [1.165, 1.54) is 13.8 Å². The molecule has 0 spiro atoms. The number of hydrogen-bond acceptors (Lipinski definition) is 18. The number of rotatable bonds is 50. The van der Waals surface area contributed by atoms with E-state index in [9.17, 15) is 68.1 Å².